The highest BCUT2D eigenvalue weighted by Crippen LogP contribution is 2.23. The molecule has 2 aromatic rings. The molecule has 0 fully saturated rings. The number of carbonyl (C=O) groups excluding carboxylic acids is 1. The molecule has 0 saturated heterocycles. The maximum Gasteiger partial charge on any atom is 0.230 e. The Morgan fingerprint density at radius 3 is 2.96 bits per heavy atom. The van der Waals surface area contributed by atoms with E-state index in [0.29, 0.717) is 29.2 Å². The number of thioether (sulfide) groups is 1. The lowest BCUT2D eigenvalue weighted by Gasteiger charge is -2.08. The first kappa shape index (κ1) is 19.6. The van der Waals surface area contributed by atoms with Crippen molar-refractivity contribution >= 4 is 29.3 Å². The first-order valence-electron chi connectivity index (χ1n) is 7.95. The molecule has 0 spiro atoms. The van der Waals surface area contributed by atoms with Crippen molar-refractivity contribution in [2.24, 2.45) is 0 Å². The summed E-state index contributed by atoms with van der Waals surface area (Å²) >= 11 is 7.21. The first-order chi connectivity index (χ1) is 12.0. The third-order valence-corrected chi connectivity index (χ3v) is 4.35. The van der Waals surface area contributed by atoms with E-state index in [9.17, 15) is 4.79 Å². The number of aromatic nitrogens is 3. The van der Waals surface area contributed by atoms with Gasteiger partial charge >= 0.3 is 0 Å². The molecule has 0 unspecified atom stereocenters. The summed E-state index contributed by atoms with van der Waals surface area (Å²) in [5.74, 6) is 6.65. The molecule has 7 nitrogen and oxygen atoms in total. The largest absolute Gasteiger partial charge is 0.379 e. The van der Waals surface area contributed by atoms with Crippen LogP contribution in [0.4, 0.5) is 0 Å². The molecular formula is C16H22ClN5O2S. The molecule has 2 rings (SSSR count). The molecule has 0 aliphatic heterocycles. The van der Waals surface area contributed by atoms with Crippen molar-refractivity contribution in [2.75, 3.05) is 24.7 Å². The molecule has 0 aliphatic carbocycles. The van der Waals surface area contributed by atoms with Gasteiger partial charge in [-0.1, -0.05) is 35.5 Å². The lowest BCUT2D eigenvalue weighted by atomic mass is 10.2. The van der Waals surface area contributed by atoms with E-state index in [1.165, 1.54) is 16.4 Å². The van der Waals surface area contributed by atoms with E-state index in [4.69, 9.17) is 22.2 Å². The van der Waals surface area contributed by atoms with Crippen LogP contribution in [0.3, 0.4) is 0 Å². The smallest absolute Gasteiger partial charge is 0.230 e. The SMILES string of the molecule is CC(C)OCCCNC(=O)CSc1nnc(-c2cccc(Cl)c2)n1N. The van der Waals surface area contributed by atoms with Gasteiger partial charge in [0.15, 0.2) is 5.82 Å². The zero-order valence-corrected chi connectivity index (χ0v) is 15.8. The minimum absolute atomic E-state index is 0.0816. The van der Waals surface area contributed by atoms with Crippen molar-refractivity contribution in [3.05, 3.63) is 29.3 Å². The molecule has 3 N–H and O–H groups in total. The molecule has 1 heterocycles. The normalized spacial score (nSPS) is 11.0. The van der Waals surface area contributed by atoms with Crippen molar-refractivity contribution in [2.45, 2.75) is 31.5 Å². The quantitative estimate of drug-likeness (QED) is 0.392. The van der Waals surface area contributed by atoms with Gasteiger partial charge in [0.1, 0.15) is 0 Å². The molecule has 0 aliphatic rings. The molecule has 1 amide bonds. The van der Waals surface area contributed by atoms with Crippen molar-refractivity contribution < 1.29 is 9.53 Å². The summed E-state index contributed by atoms with van der Waals surface area (Å²) in [5, 5.41) is 12.0. The number of nitrogen functional groups attached to an aromatic ring is 1. The molecular weight excluding hydrogens is 362 g/mol. The first-order valence-corrected chi connectivity index (χ1v) is 9.31. The Kier molecular flexibility index (Phi) is 7.54. The maximum atomic E-state index is 11.9. The van der Waals surface area contributed by atoms with E-state index in [0.717, 1.165) is 12.0 Å². The number of benzene rings is 1. The Morgan fingerprint density at radius 1 is 1.44 bits per heavy atom. The monoisotopic (exact) mass is 383 g/mol. The lowest BCUT2D eigenvalue weighted by molar-refractivity contribution is -0.118. The average molecular weight is 384 g/mol. The lowest BCUT2D eigenvalue weighted by Crippen LogP contribution is -2.27. The molecule has 0 atom stereocenters. The van der Waals surface area contributed by atoms with E-state index in [1.54, 1.807) is 12.1 Å². The van der Waals surface area contributed by atoms with E-state index in [2.05, 4.69) is 15.5 Å². The van der Waals surface area contributed by atoms with Gasteiger partial charge in [0.25, 0.3) is 0 Å². The zero-order chi connectivity index (χ0) is 18.2. The third kappa shape index (κ3) is 6.22. The minimum atomic E-state index is -0.0816. The molecule has 136 valence electrons. The molecule has 9 heteroatoms. The van der Waals surface area contributed by atoms with E-state index in [-0.39, 0.29) is 17.8 Å². The fraction of sp³-hybridized carbons (Fsp3) is 0.438. The number of amides is 1. The van der Waals surface area contributed by atoms with Gasteiger partial charge in [0.05, 0.1) is 11.9 Å². The second kappa shape index (κ2) is 9.65. The standard InChI is InChI=1S/C16H22ClN5O2S/c1-11(2)24-8-4-7-19-14(23)10-25-16-21-20-15(22(16)18)12-5-3-6-13(17)9-12/h3,5-6,9,11H,4,7-8,10,18H2,1-2H3,(H,19,23). The van der Waals surface area contributed by atoms with Crippen molar-refractivity contribution in [3.63, 3.8) is 0 Å². The summed E-state index contributed by atoms with van der Waals surface area (Å²) in [4.78, 5) is 11.9. The molecule has 1 aromatic carbocycles. The van der Waals surface area contributed by atoms with Crippen LogP contribution >= 0.6 is 23.4 Å². The third-order valence-electron chi connectivity index (χ3n) is 3.17. The highest BCUT2D eigenvalue weighted by Gasteiger charge is 2.13. The van der Waals surface area contributed by atoms with E-state index >= 15 is 0 Å². The second-order valence-electron chi connectivity index (χ2n) is 5.60. The fourth-order valence-corrected chi connectivity index (χ4v) is 2.88. The number of rotatable bonds is 9. The number of hydrogen-bond donors (Lipinski definition) is 2. The number of nitrogens with two attached hydrogens (primary N) is 1. The van der Waals surface area contributed by atoms with Crippen LogP contribution in [-0.4, -0.2) is 45.8 Å². The summed E-state index contributed by atoms with van der Waals surface area (Å²) < 4.78 is 6.78. The molecule has 0 radical (unpaired) electrons. The average Bonchev–Trinajstić information content (AvgIpc) is 2.93. The Morgan fingerprint density at radius 2 is 2.24 bits per heavy atom. The van der Waals surface area contributed by atoms with Gasteiger partial charge in [-0.25, -0.2) is 4.68 Å². The van der Waals surface area contributed by atoms with Gasteiger partial charge < -0.3 is 15.9 Å². The Hall–Kier alpha value is -1.77. The number of ether oxygens (including phenoxy) is 1. The topological polar surface area (TPSA) is 95.1 Å². The predicted octanol–water partition coefficient (Wildman–Crippen LogP) is 2.34. The van der Waals surface area contributed by atoms with Crippen LogP contribution in [0.25, 0.3) is 11.4 Å². The Bertz CT molecular complexity index is 708. The van der Waals surface area contributed by atoms with Crippen LogP contribution in [0.2, 0.25) is 5.02 Å². The number of carbonyl (C=O) groups is 1. The fourth-order valence-electron chi connectivity index (χ4n) is 2.00. The molecule has 0 saturated carbocycles. The minimum Gasteiger partial charge on any atom is -0.379 e. The Labute approximate surface area is 156 Å². The zero-order valence-electron chi connectivity index (χ0n) is 14.2. The number of halogens is 1. The van der Waals surface area contributed by atoms with Gasteiger partial charge in [-0.2, -0.15) is 0 Å². The number of hydrogen-bond acceptors (Lipinski definition) is 6. The van der Waals surface area contributed by atoms with Crippen LogP contribution in [-0.2, 0) is 9.53 Å². The van der Waals surface area contributed by atoms with Crippen LogP contribution in [0.5, 0.6) is 0 Å². The van der Waals surface area contributed by atoms with Crippen LogP contribution in [0.1, 0.15) is 20.3 Å². The predicted molar refractivity (Wildman–Crippen MR) is 100 cm³/mol. The van der Waals surface area contributed by atoms with Crippen LogP contribution in [0, 0.1) is 0 Å². The number of nitrogens with zero attached hydrogens (tertiary/aromatic N) is 3. The van der Waals surface area contributed by atoms with Crippen LogP contribution in [0.15, 0.2) is 29.4 Å². The second-order valence-corrected chi connectivity index (χ2v) is 6.98. The van der Waals surface area contributed by atoms with Gasteiger partial charge in [-0.05, 0) is 32.4 Å². The maximum absolute atomic E-state index is 11.9. The van der Waals surface area contributed by atoms with Crippen molar-refractivity contribution in [3.8, 4) is 11.4 Å². The van der Waals surface area contributed by atoms with E-state index in [1.807, 2.05) is 26.0 Å². The summed E-state index contributed by atoms with van der Waals surface area (Å²) in [5.41, 5.74) is 0.768. The summed E-state index contributed by atoms with van der Waals surface area (Å²) in [6.45, 7) is 5.17. The van der Waals surface area contributed by atoms with Gasteiger partial charge in [-0.3, -0.25) is 4.79 Å². The van der Waals surface area contributed by atoms with Gasteiger partial charge in [-0.15, -0.1) is 10.2 Å². The molecule has 0 bridgehead atoms. The Balaban J connectivity index is 1.81. The molecule has 25 heavy (non-hydrogen) atoms. The van der Waals surface area contributed by atoms with Gasteiger partial charge in [0.2, 0.25) is 11.1 Å². The summed E-state index contributed by atoms with van der Waals surface area (Å²) in [6, 6.07) is 7.19. The van der Waals surface area contributed by atoms with Gasteiger partial charge in [0, 0.05) is 23.7 Å². The number of nitrogens with one attached hydrogen (secondary N) is 1. The van der Waals surface area contributed by atoms with Crippen molar-refractivity contribution in [1.29, 1.82) is 0 Å². The summed E-state index contributed by atoms with van der Waals surface area (Å²) in [7, 11) is 0. The van der Waals surface area contributed by atoms with Crippen LogP contribution < -0.4 is 11.2 Å². The highest BCUT2D eigenvalue weighted by molar-refractivity contribution is 7.99. The molecule has 1 aromatic heterocycles. The van der Waals surface area contributed by atoms with E-state index < -0.39 is 0 Å². The summed E-state index contributed by atoms with van der Waals surface area (Å²) in [6.07, 6.45) is 0.983. The van der Waals surface area contributed by atoms with Crippen molar-refractivity contribution in [1.82, 2.24) is 20.2 Å². The highest BCUT2D eigenvalue weighted by atomic mass is 35.5.